The summed E-state index contributed by atoms with van der Waals surface area (Å²) >= 11 is 5.84. The molecule has 0 radical (unpaired) electrons. The lowest BCUT2D eigenvalue weighted by Crippen LogP contribution is -2.43. The Morgan fingerprint density at radius 3 is 2.50 bits per heavy atom. The van der Waals surface area contributed by atoms with Crippen LogP contribution in [0.15, 0.2) is 0 Å². The number of nitrogens with zero attached hydrogens (tertiary/aromatic N) is 1. The van der Waals surface area contributed by atoms with Crippen LogP contribution in [0, 0.1) is 0 Å². The fraction of sp³-hybridized carbons (Fsp3) is 1.00. The molecule has 0 N–H and O–H groups in total. The molecule has 0 aromatic rings. The Labute approximate surface area is 90.2 Å². The van der Waals surface area contributed by atoms with Crippen LogP contribution >= 0.6 is 11.6 Å². The third kappa shape index (κ3) is 2.82. The molecule has 1 aliphatic heterocycles. The molecule has 0 spiro atoms. The van der Waals surface area contributed by atoms with Gasteiger partial charge in [0, 0.05) is 13.1 Å². The summed E-state index contributed by atoms with van der Waals surface area (Å²) < 4.78 is 29.3. The van der Waals surface area contributed by atoms with Crippen molar-refractivity contribution in [2.24, 2.45) is 0 Å². The molecule has 1 atom stereocenters. The minimum absolute atomic E-state index is 0.426. The molecule has 0 saturated carbocycles. The molecule has 4 nitrogen and oxygen atoms in total. The molecule has 0 aromatic heterocycles. The number of ether oxygens (including phenoxy) is 1. The highest BCUT2D eigenvalue weighted by molar-refractivity contribution is 7.91. The van der Waals surface area contributed by atoms with Crippen LogP contribution in [0.1, 0.15) is 19.8 Å². The second-order valence-corrected chi connectivity index (χ2v) is 6.16. The van der Waals surface area contributed by atoms with Crippen molar-refractivity contribution in [2.75, 3.05) is 26.3 Å². The van der Waals surface area contributed by atoms with E-state index in [4.69, 9.17) is 16.3 Å². The van der Waals surface area contributed by atoms with Crippen molar-refractivity contribution in [3.05, 3.63) is 0 Å². The summed E-state index contributed by atoms with van der Waals surface area (Å²) in [5, 5.41) is 0. The average molecular weight is 242 g/mol. The van der Waals surface area contributed by atoms with Gasteiger partial charge in [-0.3, -0.25) is 0 Å². The molecule has 6 heteroatoms. The number of hydrogen-bond donors (Lipinski definition) is 0. The van der Waals surface area contributed by atoms with Gasteiger partial charge in [-0.15, -0.1) is 11.6 Å². The first-order valence-corrected chi connectivity index (χ1v) is 6.73. The molecular formula is C8H16ClNO3S. The molecule has 0 aromatic carbocycles. The van der Waals surface area contributed by atoms with E-state index in [1.165, 1.54) is 4.31 Å². The van der Waals surface area contributed by atoms with E-state index in [-0.39, 0.29) is 0 Å². The third-order valence-electron chi connectivity index (χ3n) is 2.17. The van der Waals surface area contributed by atoms with Gasteiger partial charge in [0.25, 0.3) is 0 Å². The van der Waals surface area contributed by atoms with Crippen LogP contribution in [0.2, 0.25) is 0 Å². The lowest BCUT2D eigenvalue weighted by Gasteiger charge is -2.27. The monoisotopic (exact) mass is 241 g/mol. The largest absolute Gasteiger partial charge is 0.379 e. The summed E-state index contributed by atoms with van der Waals surface area (Å²) in [6, 6.07) is 0. The average Bonchev–Trinajstić information content (AvgIpc) is 2.19. The summed E-state index contributed by atoms with van der Waals surface area (Å²) in [7, 11) is -3.31. The van der Waals surface area contributed by atoms with E-state index in [1.807, 2.05) is 6.92 Å². The van der Waals surface area contributed by atoms with Gasteiger partial charge in [-0.25, -0.2) is 8.42 Å². The molecule has 1 fully saturated rings. The van der Waals surface area contributed by atoms with Crippen LogP contribution in [0.5, 0.6) is 0 Å². The Morgan fingerprint density at radius 2 is 2.00 bits per heavy atom. The molecule has 1 rings (SSSR count). The van der Waals surface area contributed by atoms with Crippen LogP contribution in [-0.2, 0) is 14.8 Å². The summed E-state index contributed by atoms with van der Waals surface area (Å²) in [5.41, 5.74) is 0. The normalized spacial score (nSPS) is 22.1. The van der Waals surface area contributed by atoms with E-state index in [2.05, 4.69) is 0 Å². The number of alkyl halides is 1. The molecule has 84 valence electrons. The van der Waals surface area contributed by atoms with E-state index in [1.54, 1.807) is 0 Å². The first-order valence-electron chi connectivity index (χ1n) is 4.79. The Bertz CT molecular complexity index is 262. The molecule has 14 heavy (non-hydrogen) atoms. The van der Waals surface area contributed by atoms with Crippen molar-refractivity contribution in [1.29, 1.82) is 0 Å². The van der Waals surface area contributed by atoms with Gasteiger partial charge in [0.1, 0.15) is 4.71 Å². The van der Waals surface area contributed by atoms with Gasteiger partial charge in [-0.05, 0) is 6.42 Å². The Balaban J connectivity index is 2.62. The topological polar surface area (TPSA) is 46.6 Å². The maximum Gasteiger partial charge on any atom is 0.231 e. The molecule has 0 unspecified atom stereocenters. The molecule has 0 amide bonds. The molecular weight excluding hydrogens is 226 g/mol. The predicted octanol–water partition coefficient (Wildman–Crippen LogP) is 1.01. The van der Waals surface area contributed by atoms with Gasteiger partial charge in [0.05, 0.1) is 13.2 Å². The zero-order valence-electron chi connectivity index (χ0n) is 8.28. The highest BCUT2D eigenvalue weighted by Crippen LogP contribution is 2.18. The minimum Gasteiger partial charge on any atom is -0.379 e. The predicted molar refractivity (Wildman–Crippen MR) is 55.9 cm³/mol. The smallest absolute Gasteiger partial charge is 0.231 e. The first kappa shape index (κ1) is 12.2. The number of hydrogen-bond acceptors (Lipinski definition) is 3. The first-order chi connectivity index (χ1) is 6.59. The van der Waals surface area contributed by atoms with Crippen LogP contribution in [-0.4, -0.2) is 43.7 Å². The van der Waals surface area contributed by atoms with Crippen molar-refractivity contribution in [3.63, 3.8) is 0 Å². The molecule has 1 saturated heterocycles. The van der Waals surface area contributed by atoms with Crippen molar-refractivity contribution in [2.45, 2.75) is 24.5 Å². The number of rotatable bonds is 4. The fourth-order valence-corrected chi connectivity index (χ4v) is 3.41. The van der Waals surface area contributed by atoms with Crippen molar-refractivity contribution < 1.29 is 13.2 Å². The van der Waals surface area contributed by atoms with Gasteiger partial charge in [0.2, 0.25) is 10.0 Å². The molecule has 0 aliphatic carbocycles. The van der Waals surface area contributed by atoms with E-state index in [9.17, 15) is 8.42 Å². The van der Waals surface area contributed by atoms with Crippen LogP contribution in [0.4, 0.5) is 0 Å². The Hall–Kier alpha value is 0.160. The van der Waals surface area contributed by atoms with Gasteiger partial charge < -0.3 is 4.74 Å². The Morgan fingerprint density at radius 1 is 1.43 bits per heavy atom. The van der Waals surface area contributed by atoms with Gasteiger partial charge in [0.15, 0.2) is 0 Å². The van der Waals surface area contributed by atoms with Gasteiger partial charge in [-0.1, -0.05) is 13.3 Å². The maximum atomic E-state index is 11.8. The lowest BCUT2D eigenvalue weighted by molar-refractivity contribution is 0.0729. The summed E-state index contributed by atoms with van der Waals surface area (Å²) in [6.07, 6.45) is 1.28. The highest BCUT2D eigenvalue weighted by atomic mass is 35.5. The van der Waals surface area contributed by atoms with E-state index in [0.717, 1.165) is 6.42 Å². The minimum atomic E-state index is -3.31. The third-order valence-corrected chi connectivity index (χ3v) is 5.03. The quantitative estimate of drug-likeness (QED) is 0.691. The standard InChI is InChI=1S/C8H16ClNO3S/c1-2-3-8(9)14(11,12)10-4-6-13-7-5-10/h8H,2-7H2,1H3/t8-/m1/s1. The van der Waals surface area contributed by atoms with Crippen molar-refractivity contribution in [3.8, 4) is 0 Å². The fourth-order valence-electron chi connectivity index (χ4n) is 1.34. The zero-order chi connectivity index (χ0) is 10.6. The van der Waals surface area contributed by atoms with E-state index < -0.39 is 14.7 Å². The molecule has 1 aliphatic rings. The van der Waals surface area contributed by atoms with E-state index in [0.29, 0.717) is 32.7 Å². The number of halogens is 1. The number of morpholine rings is 1. The second kappa shape index (κ2) is 5.30. The second-order valence-electron chi connectivity index (χ2n) is 3.26. The Kier molecular flexibility index (Phi) is 4.63. The van der Waals surface area contributed by atoms with Gasteiger partial charge >= 0.3 is 0 Å². The molecule has 0 bridgehead atoms. The van der Waals surface area contributed by atoms with Gasteiger partial charge in [-0.2, -0.15) is 4.31 Å². The summed E-state index contributed by atoms with van der Waals surface area (Å²) in [4.78, 5) is 0. The zero-order valence-corrected chi connectivity index (χ0v) is 9.85. The molecule has 1 heterocycles. The summed E-state index contributed by atoms with van der Waals surface area (Å²) in [6.45, 7) is 3.71. The lowest BCUT2D eigenvalue weighted by atomic mass is 10.4. The van der Waals surface area contributed by atoms with E-state index >= 15 is 0 Å². The number of sulfonamides is 1. The van der Waals surface area contributed by atoms with Crippen LogP contribution in [0.3, 0.4) is 0 Å². The summed E-state index contributed by atoms with van der Waals surface area (Å²) in [5.74, 6) is 0. The SMILES string of the molecule is CCC[C@H](Cl)S(=O)(=O)N1CCOCC1. The highest BCUT2D eigenvalue weighted by Gasteiger charge is 2.30. The van der Waals surface area contributed by atoms with Crippen molar-refractivity contribution >= 4 is 21.6 Å². The maximum absolute atomic E-state index is 11.8. The van der Waals surface area contributed by atoms with Crippen LogP contribution in [0.25, 0.3) is 0 Å². The van der Waals surface area contributed by atoms with Crippen LogP contribution < -0.4 is 0 Å². The van der Waals surface area contributed by atoms with Crippen molar-refractivity contribution in [1.82, 2.24) is 4.31 Å².